The van der Waals surface area contributed by atoms with Gasteiger partial charge in [0.05, 0.1) is 5.92 Å². The van der Waals surface area contributed by atoms with Crippen LogP contribution in [0.15, 0.2) is 24.3 Å². The maximum absolute atomic E-state index is 12.2. The van der Waals surface area contributed by atoms with Crippen LogP contribution in [0.4, 0.5) is 0 Å². The van der Waals surface area contributed by atoms with Gasteiger partial charge in [0.2, 0.25) is 5.91 Å². The highest BCUT2D eigenvalue weighted by Gasteiger charge is 2.34. The number of hydrogen-bond donors (Lipinski definition) is 2. The summed E-state index contributed by atoms with van der Waals surface area (Å²) in [5.74, 6) is -1.43. The molecule has 0 bridgehead atoms. The Morgan fingerprint density at radius 1 is 1.29 bits per heavy atom. The average molecular weight is 289 g/mol. The van der Waals surface area contributed by atoms with E-state index in [4.69, 9.17) is 5.11 Å². The number of carboxylic acids is 1. The van der Waals surface area contributed by atoms with Gasteiger partial charge < -0.3 is 10.4 Å². The van der Waals surface area contributed by atoms with E-state index in [9.17, 15) is 9.59 Å². The molecule has 1 amide bonds. The van der Waals surface area contributed by atoms with Crippen LogP contribution < -0.4 is 5.32 Å². The predicted octanol–water partition coefficient (Wildman–Crippen LogP) is 2.54. The molecule has 1 aromatic rings. The molecule has 2 N–H and O–H groups in total. The number of carbonyl (C=O) groups excluding carboxylic acids is 1. The second kappa shape index (κ2) is 6.74. The van der Waals surface area contributed by atoms with E-state index in [-0.39, 0.29) is 17.9 Å². The van der Waals surface area contributed by atoms with Crippen molar-refractivity contribution < 1.29 is 14.7 Å². The van der Waals surface area contributed by atoms with Crippen LogP contribution >= 0.6 is 0 Å². The highest BCUT2D eigenvalue weighted by molar-refractivity contribution is 5.80. The van der Waals surface area contributed by atoms with Gasteiger partial charge in [-0.3, -0.25) is 9.59 Å². The second-order valence-electron chi connectivity index (χ2n) is 6.08. The Hall–Kier alpha value is -1.84. The second-order valence-corrected chi connectivity index (χ2v) is 6.08. The van der Waals surface area contributed by atoms with Crippen LogP contribution in [0.5, 0.6) is 0 Å². The molecule has 0 spiro atoms. The van der Waals surface area contributed by atoms with Crippen LogP contribution in [0.25, 0.3) is 0 Å². The van der Waals surface area contributed by atoms with E-state index in [2.05, 4.69) is 5.32 Å². The Morgan fingerprint density at radius 3 is 2.57 bits per heavy atom. The summed E-state index contributed by atoms with van der Waals surface area (Å²) in [6, 6.07) is 7.94. The first-order valence-electron chi connectivity index (χ1n) is 7.56. The summed E-state index contributed by atoms with van der Waals surface area (Å²) in [7, 11) is 0. The highest BCUT2D eigenvalue weighted by Crippen LogP contribution is 2.26. The molecule has 1 aliphatic carbocycles. The first kappa shape index (κ1) is 15.5. The van der Waals surface area contributed by atoms with Crippen molar-refractivity contribution in [2.45, 2.75) is 45.6 Å². The number of carbonyl (C=O) groups is 2. The lowest BCUT2D eigenvalue weighted by molar-refractivity contribution is -0.142. The van der Waals surface area contributed by atoms with Gasteiger partial charge in [-0.2, -0.15) is 0 Å². The molecule has 0 aromatic heterocycles. The molecule has 0 heterocycles. The molecule has 1 aliphatic rings. The Kier molecular flexibility index (Phi) is 4.99. The third-order valence-electron chi connectivity index (χ3n) is 4.27. The minimum absolute atomic E-state index is 0.0475. The normalized spacial score (nSPS) is 22.8. The van der Waals surface area contributed by atoms with E-state index in [0.29, 0.717) is 12.8 Å². The minimum atomic E-state index is -0.802. The number of benzene rings is 1. The lowest BCUT2D eigenvalue weighted by Gasteiger charge is -2.20. The zero-order chi connectivity index (χ0) is 15.4. The summed E-state index contributed by atoms with van der Waals surface area (Å²) in [6.07, 6.45) is 2.97. The largest absolute Gasteiger partial charge is 0.481 e. The molecule has 21 heavy (non-hydrogen) atoms. The quantitative estimate of drug-likeness (QED) is 0.875. The molecule has 4 nitrogen and oxygen atoms in total. The molecular weight excluding hydrogens is 266 g/mol. The fraction of sp³-hybridized carbons (Fsp3) is 0.529. The van der Waals surface area contributed by atoms with Gasteiger partial charge in [0.15, 0.2) is 0 Å². The van der Waals surface area contributed by atoms with Crippen LogP contribution in [-0.4, -0.2) is 23.0 Å². The molecule has 114 valence electrons. The molecular formula is C17H23NO3. The van der Waals surface area contributed by atoms with Crippen molar-refractivity contribution in [1.82, 2.24) is 5.32 Å². The van der Waals surface area contributed by atoms with Crippen LogP contribution in [0.3, 0.4) is 0 Å². The molecule has 1 unspecified atom stereocenters. The van der Waals surface area contributed by atoms with Gasteiger partial charge in [-0.05, 0) is 31.7 Å². The maximum atomic E-state index is 12.2. The molecule has 1 fully saturated rings. The zero-order valence-electron chi connectivity index (χ0n) is 12.6. The molecule has 1 aromatic carbocycles. The van der Waals surface area contributed by atoms with Crippen molar-refractivity contribution in [3.63, 3.8) is 0 Å². The zero-order valence-corrected chi connectivity index (χ0v) is 12.6. The van der Waals surface area contributed by atoms with E-state index < -0.39 is 11.9 Å². The van der Waals surface area contributed by atoms with E-state index in [1.807, 2.05) is 38.1 Å². The Labute approximate surface area is 125 Å². The number of rotatable bonds is 5. The van der Waals surface area contributed by atoms with Crippen LogP contribution in [0.1, 0.15) is 37.3 Å². The third kappa shape index (κ3) is 4.06. The van der Waals surface area contributed by atoms with Crippen LogP contribution in [0.2, 0.25) is 0 Å². The number of nitrogens with one attached hydrogen (secondary N) is 1. The van der Waals surface area contributed by atoms with Crippen LogP contribution in [0, 0.1) is 18.8 Å². The van der Waals surface area contributed by atoms with Crippen molar-refractivity contribution >= 4 is 11.9 Å². The summed E-state index contributed by atoms with van der Waals surface area (Å²) >= 11 is 0. The fourth-order valence-corrected chi connectivity index (χ4v) is 2.92. The molecule has 0 saturated heterocycles. The van der Waals surface area contributed by atoms with Crippen LogP contribution in [-0.2, 0) is 16.0 Å². The van der Waals surface area contributed by atoms with Gasteiger partial charge in [-0.25, -0.2) is 0 Å². The van der Waals surface area contributed by atoms with Gasteiger partial charge in [-0.15, -0.1) is 0 Å². The van der Waals surface area contributed by atoms with Gasteiger partial charge in [0, 0.05) is 12.0 Å². The Bertz CT molecular complexity index is 509. The van der Waals surface area contributed by atoms with E-state index in [1.54, 1.807) is 0 Å². The van der Waals surface area contributed by atoms with Crippen molar-refractivity contribution in [3.8, 4) is 0 Å². The summed E-state index contributed by atoms with van der Waals surface area (Å²) in [4.78, 5) is 23.4. The molecule has 0 radical (unpaired) electrons. The van der Waals surface area contributed by atoms with E-state index in [0.717, 1.165) is 18.4 Å². The van der Waals surface area contributed by atoms with Crippen molar-refractivity contribution in [3.05, 3.63) is 35.4 Å². The van der Waals surface area contributed by atoms with Crippen molar-refractivity contribution in [2.24, 2.45) is 11.8 Å². The maximum Gasteiger partial charge on any atom is 0.308 e. The molecule has 4 heteroatoms. The molecule has 2 rings (SSSR count). The van der Waals surface area contributed by atoms with E-state index in [1.165, 1.54) is 5.56 Å². The number of aryl methyl sites for hydroxylation is 1. The van der Waals surface area contributed by atoms with Gasteiger partial charge in [0.25, 0.3) is 0 Å². The summed E-state index contributed by atoms with van der Waals surface area (Å²) < 4.78 is 0. The Balaban J connectivity index is 1.90. The predicted molar refractivity (Wildman–Crippen MR) is 81.0 cm³/mol. The smallest absolute Gasteiger partial charge is 0.308 e. The standard InChI is InChI=1S/C17H23NO3/c1-11-6-8-13(9-7-11)10-12(2)16(19)18-15-5-3-4-14(15)17(20)21/h6-9,12,14-15H,3-5,10H2,1-2H3,(H,18,19)(H,20,21)/t12?,14-,15+/m0/s1. The number of hydrogen-bond acceptors (Lipinski definition) is 2. The average Bonchev–Trinajstić information content (AvgIpc) is 2.89. The number of aliphatic carboxylic acids is 1. The lowest BCUT2D eigenvalue weighted by atomic mass is 9.98. The highest BCUT2D eigenvalue weighted by atomic mass is 16.4. The number of carboxylic acid groups (broad SMARTS) is 1. The van der Waals surface area contributed by atoms with Crippen molar-refractivity contribution in [2.75, 3.05) is 0 Å². The minimum Gasteiger partial charge on any atom is -0.481 e. The van der Waals surface area contributed by atoms with Gasteiger partial charge in [-0.1, -0.05) is 43.2 Å². The topological polar surface area (TPSA) is 66.4 Å². The Morgan fingerprint density at radius 2 is 1.95 bits per heavy atom. The van der Waals surface area contributed by atoms with Gasteiger partial charge >= 0.3 is 5.97 Å². The number of amides is 1. The molecule has 3 atom stereocenters. The molecule has 1 saturated carbocycles. The first-order chi connectivity index (χ1) is 9.97. The fourth-order valence-electron chi connectivity index (χ4n) is 2.92. The van der Waals surface area contributed by atoms with E-state index >= 15 is 0 Å². The monoisotopic (exact) mass is 289 g/mol. The van der Waals surface area contributed by atoms with Gasteiger partial charge in [0.1, 0.15) is 0 Å². The summed E-state index contributed by atoms with van der Waals surface area (Å²) in [5.41, 5.74) is 2.33. The first-order valence-corrected chi connectivity index (χ1v) is 7.56. The summed E-state index contributed by atoms with van der Waals surface area (Å²) in [5, 5.41) is 12.1. The lowest BCUT2D eigenvalue weighted by Crippen LogP contribution is -2.42. The summed E-state index contributed by atoms with van der Waals surface area (Å²) in [6.45, 7) is 3.92. The molecule has 0 aliphatic heterocycles. The third-order valence-corrected chi connectivity index (χ3v) is 4.27. The van der Waals surface area contributed by atoms with Crippen molar-refractivity contribution in [1.29, 1.82) is 0 Å². The SMILES string of the molecule is Cc1ccc(CC(C)C(=O)N[C@@H]2CCC[C@@H]2C(=O)O)cc1.